The first-order chi connectivity index (χ1) is 8.25. The van der Waals surface area contributed by atoms with Gasteiger partial charge in [0, 0.05) is 10.9 Å². The maximum atomic E-state index is 13.6. The molecule has 0 saturated carbocycles. The highest BCUT2D eigenvalue weighted by Crippen LogP contribution is 2.33. The zero-order chi connectivity index (χ0) is 11.8. The minimum absolute atomic E-state index is 0.236. The zero-order valence-electron chi connectivity index (χ0n) is 8.52. The molecule has 17 heavy (non-hydrogen) atoms. The van der Waals surface area contributed by atoms with Crippen LogP contribution in [0.1, 0.15) is 0 Å². The zero-order valence-corrected chi connectivity index (χ0v) is 10.1. The molecule has 0 bridgehead atoms. The standard InChI is InChI=1S/C12H6ClFN2S/c13-12-16-15-11(17-12)9-5-6-10(14)8-4-2-1-3-7(8)9/h1-6H. The van der Waals surface area contributed by atoms with Crippen molar-refractivity contribution in [3.05, 3.63) is 46.7 Å². The van der Waals surface area contributed by atoms with Gasteiger partial charge in [0.25, 0.3) is 0 Å². The predicted octanol–water partition coefficient (Wildman–Crippen LogP) is 4.15. The van der Waals surface area contributed by atoms with E-state index in [1.807, 2.05) is 18.2 Å². The predicted molar refractivity (Wildman–Crippen MR) is 67.8 cm³/mol. The van der Waals surface area contributed by atoms with Crippen LogP contribution in [0.15, 0.2) is 36.4 Å². The molecule has 3 rings (SSSR count). The van der Waals surface area contributed by atoms with Gasteiger partial charge in [-0.1, -0.05) is 35.6 Å². The summed E-state index contributed by atoms with van der Waals surface area (Å²) < 4.78 is 14.0. The van der Waals surface area contributed by atoms with E-state index in [-0.39, 0.29) is 5.82 Å². The van der Waals surface area contributed by atoms with Crippen molar-refractivity contribution in [2.75, 3.05) is 0 Å². The van der Waals surface area contributed by atoms with Crippen molar-refractivity contribution >= 4 is 33.7 Å². The second-order valence-electron chi connectivity index (χ2n) is 3.50. The lowest BCUT2D eigenvalue weighted by Crippen LogP contribution is -1.84. The van der Waals surface area contributed by atoms with E-state index in [0.29, 0.717) is 14.9 Å². The number of benzene rings is 2. The van der Waals surface area contributed by atoms with Crippen LogP contribution >= 0.6 is 22.9 Å². The minimum atomic E-state index is -0.236. The quantitative estimate of drug-likeness (QED) is 0.660. The Morgan fingerprint density at radius 2 is 1.76 bits per heavy atom. The van der Waals surface area contributed by atoms with Gasteiger partial charge in [0.15, 0.2) is 0 Å². The van der Waals surface area contributed by atoms with E-state index in [1.54, 1.807) is 12.1 Å². The maximum Gasteiger partial charge on any atom is 0.207 e. The summed E-state index contributed by atoms with van der Waals surface area (Å²) in [6.45, 7) is 0. The van der Waals surface area contributed by atoms with Crippen LogP contribution in [0.25, 0.3) is 21.3 Å². The van der Waals surface area contributed by atoms with Gasteiger partial charge >= 0.3 is 0 Å². The summed E-state index contributed by atoms with van der Waals surface area (Å²) in [6.07, 6.45) is 0. The smallest absolute Gasteiger partial charge is 0.206 e. The molecule has 0 aliphatic rings. The largest absolute Gasteiger partial charge is 0.207 e. The van der Waals surface area contributed by atoms with Gasteiger partial charge < -0.3 is 0 Å². The Bertz CT molecular complexity index is 696. The molecule has 84 valence electrons. The first-order valence-electron chi connectivity index (χ1n) is 4.92. The van der Waals surface area contributed by atoms with E-state index in [1.165, 1.54) is 17.4 Å². The molecule has 1 aromatic heterocycles. The highest BCUT2D eigenvalue weighted by molar-refractivity contribution is 7.18. The maximum absolute atomic E-state index is 13.6. The van der Waals surface area contributed by atoms with Gasteiger partial charge in [0.2, 0.25) is 4.47 Å². The van der Waals surface area contributed by atoms with Gasteiger partial charge in [-0.15, -0.1) is 10.2 Å². The average molecular weight is 265 g/mol. The Hall–Kier alpha value is -1.52. The van der Waals surface area contributed by atoms with Crippen molar-refractivity contribution in [3.8, 4) is 10.6 Å². The SMILES string of the molecule is Fc1ccc(-c2nnc(Cl)s2)c2ccccc12. The molecule has 0 fully saturated rings. The summed E-state index contributed by atoms with van der Waals surface area (Å²) in [7, 11) is 0. The second-order valence-corrected chi connectivity index (χ2v) is 5.06. The minimum Gasteiger partial charge on any atom is -0.206 e. The Morgan fingerprint density at radius 1 is 1.00 bits per heavy atom. The first kappa shape index (κ1) is 10.6. The Labute approximate surface area is 106 Å². The fourth-order valence-corrected chi connectivity index (χ4v) is 2.63. The van der Waals surface area contributed by atoms with Gasteiger partial charge in [-0.25, -0.2) is 4.39 Å². The number of halogens is 2. The van der Waals surface area contributed by atoms with Crippen LogP contribution < -0.4 is 0 Å². The fourth-order valence-electron chi connectivity index (χ4n) is 1.76. The monoisotopic (exact) mass is 264 g/mol. The second kappa shape index (κ2) is 4.05. The lowest BCUT2D eigenvalue weighted by Gasteiger charge is -2.03. The molecule has 3 aromatic rings. The van der Waals surface area contributed by atoms with E-state index in [0.717, 1.165) is 10.9 Å². The third kappa shape index (κ3) is 1.79. The van der Waals surface area contributed by atoms with Crippen LogP contribution in [0.2, 0.25) is 4.47 Å². The molecule has 0 N–H and O–H groups in total. The third-order valence-electron chi connectivity index (χ3n) is 2.50. The van der Waals surface area contributed by atoms with Crippen LogP contribution in [-0.4, -0.2) is 10.2 Å². The molecule has 0 aliphatic heterocycles. The molecular formula is C12H6ClFN2S. The molecule has 0 amide bonds. The fraction of sp³-hybridized carbons (Fsp3) is 0. The van der Waals surface area contributed by atoms with Gasteiger partial charge in [-0.05, 0) is 29.1 Å². The van der Waals surface area contributed by atoms with Crippen LogP contribution in [-0.2, 0) is 0 Å². The first-order valence-corrected chi connectivity index (χ1v) is 6.12. The Balaban J connectivity index is 2.34. The summed E-state index contributed by atoms with van der Waals surface area (Å²) >= 11 is 7.05. The van der Waals surface area contributed by atoms with Gasteiger partial charge in [0.05, 0.1) is 0 Å². The van der Waals surface area contributed by atoms with E-state index >= 15 is 0 Å². The molecule has 0 unspecified atom stereocenters. The van der Waals surface area contributed by atoms with E-state index in [4.69, 9.17) is 11.6 Å². The highest BCUT2D eigenvalue weighted by atomic mass is 35.5. The summed E-state index contributed by atoms with van der Waals surface area (Å²) in [6, 6.07) is 10.4. The molecule has 5 heteroatoms. The summed E-state index contributed by atoms with van der Waals surface area (Å²) in [5, 5.41) is 9.84. The summed E-state index contributed by atoms with van der Waals surface area (Å²) in [4.78, 5) is 0. The van der Waals surface area contributed by atoms with Crippen molar-refractivity contribution in [1.82, 2.24) is 10.2 Å². The average Bonchev–Trinajstić information content (AvgIpc) is 2.77. The van der Waals surface area contributed by atoms with Crippen molar-refractivity contribution in [1.29, 1.82) is 0 Å². The molecule has 0 radical (unpaired) electrons. The van der Waals surface area contributed by atoms with Crippen LogP contribution in [0.4, 0.5) is 4.39 Å². The number of hydrogen-bond acceptors (Lipinski definition) is 3. The number of rotatable bonds is 1. The van der Waals surface area contributed by atoms with E-state index in [9.17, 15) is 4.39 Å². The van der Waals surface area contributed by atoms with Crippen LogP contribution in [0.3, 0.4) is 0 Å². The van der Waals surface area contributed by atoms with E-state index in [2.05, 4.69) is 10.2 Å². The number of fused-ring (bicyclic) bond motifs is 1. The molecule has 2 aromatic carbocycles. The van der Waals surface area contributed by atoms with Crippen molar-refractivity contribution in [2.24, 2.45) is 0 Å². The van der Waals surface area contributed by atoms with Gasteiger partial charge in [0.1, 0.15) is 10.8 Å². The summed E-state index contributed by atoms with van der Waals surface area (Å²) in [5.41, 5.74) is 0.853. The third-order valence-corrected chi connectivity index (χ3v) is 3.55. The van der Waals surface area contributed by atoms with Crippen LogP contribution in [0, 0.1) is 5.82 Å². The normalized spacial score (nSPS) is 10.9. The summed E-state index contributed by atoms with van der Waals surface area (Å²) in [5.74, 6) is -0.236. The molecule has 1 heterocycles. The number of nitrogens with zero attached hydrogens (tertiary/aromatic N) is 2. The van der Waals surface area contributed by atoms with Crippen LogP contribution in [0.5, 0.6) is 0 Å². The van der Waals surface area contributed by atoms with Gasteiger partial charge in [-0.2, -0.15) is 0 Å². The Kier molecular flexibility index (Phi) is 2.53. The van der Waals surface area contributed by atoms with Crippen molar-refractivity contribution in [3.63, 3.8) is 0 Å². The van der Waals surface area contributed by atoms with Crippen molar-refractivity contribution in [2.45, 2.75) is 0 Å². The Morgan fingerprint density at radius 3 is 2.47 bits per heavy atom. The number of aromatic nitrogens is 2. The molecule has 2 nitrogen and oxygen atoms in total. The number of hydrogen-bond donors (Lipinski definition) is 0. The molecule has 0 saturated heterocycles. The molecule has 0 spiro atoms. The lowest BCUT2D eigenvalue weighted by atomic mass is 10.0. The van der Waals surface area contributed by atoms with E-state index < -0.39 is 0 Å². The highest BCUT2D eigenvalue weighted by Gasteiger charge is 2.10. The molecular weight excluding hydrogens is 259 g/mol. The topological polar surface area (TPSA) is 25.8 Å². The van der Waals surface area contributed by atoms with Crippen molar-refractivity contribution < 1.29 is 4.39 Å². The molecule has 0 atom stereocenters. The molecule has 0 aliphatic carbocycles. The lowest BCUT2D eigenvalue weighted by molar-refractivity contribution is 0.640. The van der Waals surface area contributed by atoms with Gasteiger partial charge in [-0.3, -0.25) is 0 Å².